The normalized spacial score (nSPS) is 20.9. The Morgan fingerprint density at radius 1 is 0.967 bits per heavy atom. The average Bonchev–Trinajstić information content (AvgIpc) is 3.10. The van der Waals surface area contributed by atoms with Gasteiger partial charge in [-0.2, -0.15) is 0 Å². The zero-order valence-corrected chi connectivity index (χ0v) is 16.4. The van der Waals surface area contributed by atoms with E-state index in [-0.39, 0.29) is 17.0 Å². The topological polar surface area (TPSA) is 62.1 Å². The van der Waals surface area contributed by atoms with Crippen molar-refractivity contribution in [2.75, 3.05) is 18.0 Å². The summed E-state index contributed by atoms with van der Waals surface area (Å²) >= 11 is 0. The number of rotatable bonds is 2. The minimum absolute atomic E-state index is 0.0807. The fourth-order valence-corrected chi connectivity index (χ4v) is 5.29. The summed E-state index contributed by atoms with van der Waals surface area (Å²) in [5.74, 6) is 1.77. The molecule has 2 atom stereocenters. The molecule has 2 unspecified atom stereocenters. The van der Waals surface area contributed by atoms with Crippen LogP contribution in [-0.4, -0.2) is 33.1 Å². The largest absolute Gasteiger partial charge is 0.508 e. The number of fused-ring (bicyclic) bond motifs is 4. The Labute approximate surface area is 173 Å². The van der Waals surface area contributed by atoms with E-state index in [1.807, 2.05) is 24.3 Å². The smallest absolute Gasteiger partial charge is 0.175 e. The zero-order valence-electron chi connectivity index (χ0n) is 16.4. The molecule has 1 N–H and O–H groups in total. The van der Waals surface area contributed by atoms with Gasteiger partial charge in [-0.1, -0.05) is 24.3 Å². The van der Waals surface area contributed by atoms with Gasteiger partial charge in [-0.15, -0.1) is 0 Å². The number of nitrogens with zero attached hydrogens (tertiary/aromatic N) is 4. The number of phenolic OH excluding ortho intramolecular Hbond substituents is 1. The molecule has 1 aliphatic carbocycles. The van der Waals surface area contributed by atoms with Crippen molar-refractivity contribution in [1.82, 2.24) is 15.0 Å². The van der Waals surface area contributed by atoms with Gasteiger partial charge in [0, 0.05) is 24.8 Å². The van der Waals surface area contributed by atoms with Crippen LogP contribution in [-0.2, 0) is 0 Å². The summed E-state index contributed by atoms with van der Waals surface area (Å²) in [7, 11) is 0. The van der Waals surface area contributed by atoms with Crippen LogP contribution in [0.5, 0.6) is 5.75 Å². The molecular weight excluding hydrogens is 379 g/mol. The predicted octanol–water partition coefficient (Wildman–Crippen LogP) is 4.93. The summed E-state index contributed by atoms with van der Waals surface area (Å²) < 4.78 is 15.7. The van der Waals surface area contributed by atoms with Gasteiger partial charge in [0.15, 0.2) is 5.82 Å². The van der Waals surface area contributed by atoms with Crippen LogP contribution >= 0.6 is 0 Å². The van der Waals surface area contributed by atoms with Crippen LogP contribution in [0.1, 0.15) is 19.3 Å². The second-order valence-electron chi connectivity index (χ2n) is 8.54. The van der Waals surface area contributed by atoms with Gasteiger partial charge in [0.25, 0.3) is 0 Å². The second-order valence-corrected chi connectivity index (χ2v) is 8.54. The first kappa shape index (κ1) is 17.6. The quantitative estimate of drug-likeness (QED) is 0.517. The number of aromatic nitrogens is 3. The summed E-state index contributed by atoms with van der Waals surface area (Å²) in [4.78, 5) is 15.5. The van der Waals surface area contributed by atoms with Crippen molar-refractivity contribution in [1.29, 1.82) is 0 Å². The maximum Gasteiger partial charge on any atom is 0.175 e. The number of pyridine rings is 1. The molecule has 1 saturated carbocycles. The number of benzene rings is 2. The molecular formula is C24H21FN4O. The third kappa shape index (κ3) is 2.70. The Kier molecular flexibility index (Phi) is 3.88. The molecule has 1 saturated heterocycles. The molecule has 0 spiro atoms. The lowest BCUT2D eigenvalue weighted by Crippen LogP contribution is -2.37. The van der Waals surface area contributed by atoms with E-state index in [0.29, 0.717) is 22.8 Å². The van der Waals surface area contributed by atoms with Crippen molar-refractivity contribution in [3.63, 3.8) is 0 Å². The van der Waals surface area contributed by atoms with Crippen molar-refractivity contribution >= 4 is 27.5 Å². The fraction of sp³-hybridized carbons (Fsp3) is 0.292. The van der Waals surface area contributed by atoms with Crippen molar-refractivity contribution < 1.29 is 9.50 Å². The minimum Gasteiger partial charge on any atom is -0.508 e. The molecule has 2 aromatic heterocycles. The molecule has 6 rings (SSSR count). The Bertz CT molecular complexity index is 1280. The van der Waals surface area contributed by atoms with Crippen LogP contribution < -0.4 is 4.90 Å². The lowest BCUT2D eigenvalue weighted by atomic mass is 9.98. The first-order valence-electron chi connectivity index (χ1n) is 10.4. The van der Waals surface area contributed by atoms with Gasteiger partial charge in [0.2, 0.25) is 0 Å². The average molecular weight is 400 g/mol. The van der Waals surface area contributed by atoms with Crippen LogP contribution in [0.2, 0.25) is 0 Å². The van der Waals surface area contributed by atoms with Gasteiger partial charge >= 0.3 is 0 Å². The van der Waals surface area contributed by atoms with Crippen LogP contribution in [0.3, 0.4) is 0 Å². The Balaban J connectivity index is 1.52. The van der Waals surface area contributed by atoms with Crippen LogP contribution in [0, 0.1) is 17.7 Å². The fourth-order valence-electron chi connectivity index (χ4n) is 5.29. The molecule has 150 valence electrons. The molecule has 2 fully saturated rings. The van der Waals surface area contributed by atoms with E-state index in [1.54, 1.807) is 18.3 Å². The maximum atomic E-state index is 15.7. The van der Waals surface area contributed by atoms with E-state index in [4.69, 9.17) is 0 Å². The van der Waals surface area contributed by atoms with Crippen molar-refractivity contribution in [2.45, 2.75) is 19.3 Å². The highest BCUT2D eigenvalue weighted by Gasteiger charge is 2.34. The van der Waals surface area contributed by atoms with Crippen LogP contribution in [0.25, 0.3) is 32.9 Å². The molecule has 0 radical (unpaired) electrons. The number of anilines is 1. The highest BCUT2D eigenvalue weighted by Crippen LogP contribution is 2.40. The monoisotopic (exact) mass is 400 g/mol. The number of aromatic hydroxyl groups is 1. The Morgan fingerprint density at radius 2 is 1.77 bits per heavy atom. The van der Waals surface area contributed by atoms with Gasteiger partial charge in [-0.05, 0) is 54.0 Å². The van der Waals surface area contributed by atoms with Gasteiger partial charge in [0.1, 0.15) is 29.1 Å². The number of phenols is 1. The van der Waals surface area contributed by atoms with E-state index < -0.39 is 5.82 Å². The molecule has 2 aliphatic rings. The van der Waals surface area contributed by atoms with Gasteiger partial charge in [-0.25, -0.2) is 14.4 Å². The molecule has 2 bridgehead atoms. The Hall–Kier alpha value is -3.28. The molecule has 1 aliphatic heterocycles. The predicted molar refractivity (Wildman–Crippen MR) is 115 cm³/mol. The lowest BCUT2D eigenvalue weighted by molar-refractivity contribution is 0.419. The van der Waals surface area contributed by atoms with E-state index in [2.05, 4.69) is 19.9 Å². The standard InChI is InChI=1S/C24H21FN4O/c25-21-22(19-9-17(30)8-16-3-1-2-4-18(16)19)26-10-20-23(21)27-13-28-24(20)29-11-14-5-6-15(7-14)12-29/h1-4,8-10,13-15,30H,5-7,11-12H2. The molecule has 4 aromatic rings. The maximum absolute atomic E-state index is 15.7. The van der Waals surface area contributed by atoms with Crippen molar-refractivity contribution in [3.05, 3.63) is 54.7 Å². The molecule has 3 heterocycles. The first-order chi connectivity index (χ1) is 14.7. The SMILES string of the molecule is Oc1cc(-c2ncc3c(N4CC5CCC(C5)C4)ncnc3c2F)c2ccccc2c1. The molecule has 30 heavy (non-hydrogen) atoms. The number of halogens is 1. The van der Waals surface area contributed by atoms with E-state index in [0.717, 1.165) is 29.7 Å². The van der Waals surface area contributed by atoms with Gasteiger partial charge < -0.3 is 10.0 Å². The molecule has 2 aromatic carbocycles. The lowest BCUT2D eigenvalue weighted by Gasteiger charge is -2.33. The molecule has 6 heteroatoms. The van der Waals surface area contributed by atoms with E-state index in [9.17, 15) is 5.11 Å². The summed E-state index contributed by atoms with van der Waals surface area (Å²) in [5.41, 5.74) is 1.02. The summed E-state index contributed by atoms with van der Waals surface area (Å²) in [6.45, 7) is 1.92. The third-order valence-electron chi connectivity index (χ3n) is 6.61. The summed E-state index contributed by atoms with van der Waals surface area (Å²) in [5, 5.41) is 12.5. The summed E-state index contributed by atoms with van der Waals surface area (Å²) in [6.07, 6.45) is 6.96. The van der Waals surface area contributed by atoms with E-state index in [1.165, 1.54) is 25.6 Å². The van der Waals surface area contributed by atoms with Gasteiger partial charge in [-0.3, -0.25) is 4.98 Å². The number of piperidine rings is 1. The summed E-state index contributed by atoms with van der Waals surface area (Å²) in [6, 6.07) is 10.8. The molecule has 5 nitrogen and oxygen atoms in total. The van der Waals surface area contributed by atoms with Crippen molar-refractivity contribution in [3.8, 4) is 17.0 Å². The van der Waals surface area contributed by atoms with Crippen molar-refractivity contribution in [2.24, 2.45) is 11.8 Å². The third-order valence-corrected chi connectivity index (χ3v) is 6.61. The number of hydrogen-bond acceptors (Lipinski definition) is 5. The first-order valence-corrected chi connectivity index (χ1v) is 10.4. The van der Waals surface area contributed by atoms with Crippen LogP contribution in [0.15, 0.2) is 48.9 Å². The van der Waals surface area contributed by atoms with Crippen LogP contribution in [0.4, 0.5) is 10.2 Å². The number of hydrogen-bond donors (Lipinski definition) is 1. The highest BCUT2D eigenvalue weighted by molar-refractivity contribution is 5.99. The molecule has 0 amide bonds. The van der Waals surface area contributed by atoms with E-state index >= 15 is 4.39 Å². The Morgan fingerprint density at radius 3 is 2.60 bits per heavy atom. The second kappa shape index (κ2) is 6.62. The van der Waals surface area contributed by atoms with Gasteiger partial charge in [0.05, 0.1) is 5.39 Å². The zero-order chi connectivity index (χ0) is 20.2. The minimum atomic E-state index is -0.480. The highest BCUT2D eigenvalue weighted by atomic mass is 19.1.